The maximum Gasteiger partial charge on any atom is 0.222 e. The summed E-state index contributed by atoms with van der Waals surface area (Å²) in [5.74, 6) is 2.40. The Balaban J connectivity index is 0.00000261. The number of hydrogen-bond donors (Lipinski definition) is 3. The molecule has 1 aromatic heterocycles. The summed E-state index contributed by atoms with van der Waals surface area (Å²) in [5.41, 5.74) is 8.54. The van der Waals surface area contributed by atoms with Crippen LogP contribution in [0.2, 0.25) is 0 Å². The van der Waals surface area contributed by atoms with Crippen LogP contribution in [0.3, 0.4) is 0 Å². The molecular weight excluding hydrogens is 366 g/mol. The first-order valence-electron chi connectivity index (χ1n) is 8.97. The summed E-state index contributed by atoms with van der Waals surface area (Å²) in [7, 11) is 3.49. The number of halogens is 1. The predicted octanol–water partition coefficient (Wildman–Crippen LogP) is 2.71. The Morgan fingerprint density at radius 3 is 2.70 bits per heavy atom. The van der Waals surface area contributed by atoms with Crippen LogP contribution in [0.1, 0.15) is 18.4 Å². The number of methoxy groups -OCH3 is 1. The molecule has 3 rings (SSSR count). The zero-order valence-electron chi connectivity index (χ0n) is 15.8. The second-order valence-corrected chi connectivity index (χ2v) is 6.51. The van der Waals surface area contributed by atoms with Crippen LogP contribution in [-0.4, -0.2) is 43.8 Å². The number of piperidine rings is 1. The van der Waals surface area contributed by atoms with E-state index < -0.39 is 0 Å². The third-order valence-corrected chi connectivity index (χ3v) is 4.59. The van der Waals surface area contributed by atoms with Crippen molar-refractivity contribution in [2.75, 3.05) is 44.9 Å². The molecule has 148 valence electrons. The Hall–Kier alpha value is -2.09. The second kappa shape index (κ2) is 10.3. The molecule has 0 aliphatic carbocycles. The lowest BCUT2D eigenvalue weighted by Gasteiger charge is -2.23. The lowest BCUT2D eigenvalue weighted by atomic mass is 9.99. The summed E-state index contributed by atoms with van der Waals surface area (Å²) in [6, 6.07) is 7.90. The number of nitrogens with one attached hydrogen (secondary N) is 2. The van der Waals surface area contributed by atoms with Crippen LogP contribution in [0.5, 0.6) is 5.75 Å². The largest absolute Gasteiger partial charge is 0.493 e. The summed E-state index contributed by atoms with van der Waals surface area (Å²) < 4.78 is 11.5. The number of benzene rings is 1. The number of aromatic nitrogens is 2. The molecule has 1 saturated heterocycles. The molecule has 1 aliphatic heterocycles. The fraction of sp³-hybridized carbons (Fsp3) is 0.474. The highest BCUT2D eigenvalue weighted by molar-refractivity contribution is 5.85. The van der Waals surface area contributed by atoms with Crippen molar-refractivity contribution >= 4 is 24.2 Å². The average molecular weight is 394 g/mol. The van der Waals surface area contributed by atoms with Crippen molar-refractivity contribution in [1.82, 2.24) is 15.3 Å². The van der Waals surface area contributed by atoms with Crippen molar-refractivity contribution in [3.63, 3.8) is 0 Å². The summed E-state index contributed by atoms with van der Waals surface area (Å²) in [5, 5.41) is 6.38. The standard InChI is InChI=1S/C19H27N5O2.ClH/c1-21-18-10-16(23-19(20)24-18)14-3-4-17(15(9-14)12-25-2)26-11-13-5-7-22-8-6-13;/h3-4,9-10,13,22H,5-8,11-12H2,1-2H3,(H3,20,21,23,24);1H. The van der Waals surface area contributed by atoms with Gasteiger partial charge in [-0.3, -0.25) is 0 Å². The molecule has 0 bridgehead atoms. The highest BCUT2D eigenvalue weighted by Gasteiger charge is 2.15. The van der Waals surface area contributed by atoms with Crippen LogP contribution < -0.4 is 21.1 Å². The number of rotatable bonds is 7. The zero-order valence-corrected chi connectivity index (χ0v) is 16.6. The van der Waals surface area contributed by atoms with Gasteiger partial charge in [0.1, 0.15) is 11.6 Å². The highest BCUT2D eigenvalue weighted by Crippen LogP contribution is 2.28. The molecule has 27 heavy (non-hydrogen) atoms. The fourth-order valence-electron chi connectivity index (χ4n) is 3.15. The molecule has 8 heteroatoms. The summed E-state index contributed by atoms with van der Waals surface area (Å²) in [6.07, 6.45) is 2.31. The molecule has 0 unspecified atom stereocenters. The summed E-state index contributed by atoms with van der Waals surface area (Å²) in [4.78, 5) is 8.48. The van der Waals surface area contributed by atoms with Crippen LogP contribution in [0.25, 0.3) is 11.3 Å². The molecule has 0 amide bonds. The molecule has 0 radical (unpaired) electrons. The molecule has 1 aliphatic rings. The molecule has 2 heterocycles. The molecule has 1 fully saturated rings. The monoisotopic (exact) mass is 393 g/mol. The van der Waals surface area contributed by atoms with Crippen LogP contribution >= 0.6 is 12.4 Å². The van der Waals surface area contributed by atoms with Gasteiger partial charge in [0.05, 0.1) is 18.9 Å². The number of anilines is 2. The molecule has 1 aromatic carbocycles. The second-order valence-electron chi connectivity index (χ2n) is 6.51. The Morgan fingerprint density at radius 2 is 2.00 bits per heavy atom. The number of hydrogen-bond acceptors (Lipinski definition) is 7. The van der Waals surface area contributed by atoms with Gasteiger partial charge in [0.25, 0.3) is 0 Å². The normalized spacial score (nSPS) is 14.4. The molecule has 2 aromatic rings. The van der Waals surface area contributed by atoms with Crippen molar-refractivity contribution in [1.29, 1.82) is 0 Å². The first kappa shape index (κ1) is 21.2. The Kier molecular flexibility index (Phi) is 8.09. The van der Waals surface area contributed by atoms with Crippen molar-refractivity contribution in [2.45, 2.75) is 19.4 Å². The number of ether oxygens (including phenoxy) is 2. The lowest BCUT2D eigenvalue weighted by molar-refractivity contribution is 0.173. The maximum absolute atomic E-state index is 6.11. The van der Waals surface area contributed by atoms with Gasteiger partial charge in [0.2, 0.25) is 5.95 Å². The SMILES string of the molecule is CNc1cc(-c2ccc(OCC3CCNCC3)c(COC)c2)nc(N)n1.Cl. The van der Waals surface area contributed by atoms with Gasteiger partial charge in [-0.15, -0.1) is 12.4 Å². The first-order valence-corrected chi connectivity index (χ1v) is 8.97. The number of nitrogens with two attached hydrogens (primary N) is 1. The molecule has 0 spiro atoms. The summed E-state index contributed by atoms with van der Waals surface area (Å²) >= 11 is 0. The van der Waals surface area contributed by atoms with E-state index in [0.29, 0.717) is 18.3 Å². The van der Waals surface area contributed by atoms with Crippen LogP contribution in [0.15, 0.2) is 24.3 Å². The van der Waals surface area contributed by atoms with E-state index in [1.165, 1.54) is 0 Å². The maximum atomic E-state index is 6.11. The van der Waals surface area contributed by atoms with E-state index in [1.54, 1.807) is 14.2 Å². The first-order chi connectivity index (χ1) is 12.7. The highest BCUT2D eigenvalue weighted by atomic mass is 35.5. The van der Waals surface area contributed by atoms with Crippen LogP contribution in [0.4, 0.5) is 11.8 Å². The van der Waals surface area contributed by atoms with Gasteiger partial charge < -0.3 is 25.8 Å². The Bertz CT molecular complexity index is 738. The third kappa shape index (κ3) is 5.69. The van der Waals surface area contributed by atoms with Crippen molar-refractivity contribution in [2.24, 2.45) is 5.92 Å². The Morgan fingerprint density at radius 1 is 1.22 bits per heavy atom. The predicted molar refractivity (Wildman–Crippen MR) is 110 cm³/mol. The fourth-order valence-corrected chi connectivity index (χ4v) is 3.15. The van der Waals surface area contributed by atoms with Gasteiger partial charge in [-0.1, -0.05) is 0 Å². The van der Waals surface area contributed by atoms with Gasteiger partial charge in [-0.25, -0.2) is 4.98 Å². The molecule has 4 N–H and O–H groups in total. The van der Waals surface area contributed by atoms with Crippen molar-refractivity contribution in [3.8, 4) is 17.0 Å². The Labute approximate surface area is 166 Å². The van der Waals surface area contributed by atoms with Gasteiger partial charge in [-0.05, 0) is 50.0 Å². The van der Waals surface area contributed by atoms with E-state index in [9.17, 15) is 0 Å². The molecule has 0 atom stereocenters. The minimum absolute atomic E-state index is 0. The summed E-state index contributed by atoms with van der Waals surface area (Å²) in [6.45, 7) is 3.36. The van der Waals surface area contributed by atoms with E-state index in [2.05, 4.69) is 20.6 Å². The lowest BCUT2D eigenvalue weighted by Crippen LogP contribution is -2.30. The van der Waals surface area contributed by atoms with Crippen LogP contribution in [0, 0.1) is 5.92 Å². The zero-order chi connectivity index (χ0) is 18.4. The molecule has 0 saturated carbocycles. The average Bonchev–Trinajstić information content (AvgIpc) is 2.67. The third-order valence-electron chi connectivity index (χ3n) is 4.59. The van der Waals surface area contributed by atoms with E-state index in [4.69, 9.17) is 15.2 Å². The van der Waals surface area contributed by atoms with Crippen LogP contribution in [-0.2, 0) is 11.3 Å². The minimum atomic E-state index is 0. The quantitative estimate of drug-likeness (QED) is 0.665. The van der Waals surface area contributed by atoms with Gasteiger partial charge in [-0.2, -0.15) is 4.98 Å². The van der Waals surface area contributed by atoms with E-state index in [1.807, 2.05) is 24.3 Å². The van der Waals surface area contributed by atoms with Crippen molar-refractivity contribution < 1.29 is 9.47 Å². The van der Waals surface area contributed by atoms with Gasteiger partial charge in [0.15, 0.2) is 0 Å². The number of nitrogen functional groups attached to an aromatic ring is 1. The van der Waals surface area contributed by atoms with Crippen molar-refractivity contribution in [3.05, 3.63) is 29.8 Å². The topological polar surface area (TPSA) is 94.3 Å². The van der Waals surface area contributed by atoms with Gasteiger partial charge in [0, 0.05) is 31.4 Å². The molecular formula is C19H28ClN5O2. The minimum Gasteiger partial charge on any atom is -0.493 e. The van der Waals surface area contributed by atoms with E-state index >= 15 is 0 Å². The van der Waals surface area contributed by atoms with E-state index in [-0.39, 0.29) is 18.4 Å². The molecule has 7 nitrogen and oxygen atoms in total. The van der Waals surface area contributed by atoms with E-state index in [0.717, 1.165) is 55.1 Å². The number of nitrogens with zero attached hydrogens (tertiary/aromatic N) is 2. The smallest absolute Gasteiger partial charge is 0.222 e. The van der Waals surface area contributed by atoms with Gasteiger partial charge >= 0.3 is 0 Å².